The van der Waals surface area contributed by atoms with Gasteiger partial charge < -0.3 is 23.8 Å². The van der Waals surface area contributed by atoms with E-state index in [1.54, 1.807) is 12.1 Å². The maximum absolute atomic E-state index is 13.4. The highest BCUT2D eigenvalue weighted by atomic mass is 31.2. The second-order valence-corrected chi connectivity index (χ2v) is 10.4. The lowest BCUT2D eigenvalue weighted by molar-refractivity contribution is 0.0938. The molecule has 0 bridgehead atoms. The molecule has 1 fully saturated rings. The van der Waals surface area contributed by atoms with Crippen molar-refractivity contribution in [3.05, 3.63) is 46.3 Å². The Hall–Kier alpha value is -3.01. The summed E-state index contributed by atoms with van der Waals surface area (Å²) in [6.07, 6.45) is 4.75. The van der Waals surface area contributed by atoms with Crippen LogP contribution in [0.15, 0.2) is 33.8 Å². The fraction of sp³-hybridized carbons (Fsp3) is 0.455. The van der Waals surface area contributed by atoms with Crippen LogP contribution in [0.25, 0.3) is 10.8 Å². The second kappa shape index (κ2) is 9.69. The number of methoxy groups -OCH3 is 1. The number of ketones is 1. The monoisotopic (exact) mass is 490 g/mol. The Balaban J connectivity index is 1.62. The third kappa shape index (κ3) is 5.38. The number of Topliss-reactive ketones (excluding diaryl/α,β-unsaturated/α-hetero) is 1. The quantitative estimate of drug-likeness (QED) is 0.356. The molecule has 11 nitrogen and oxygen atoms in total. The normalized spacial score (nSPS) is 15.1. The van der Waals surface area contributed by atoms with Gasteiger partial charge in [-0.3, -0.25) is 14.2 Å². The van der Waals surface area contributed by atoms with Gasteiger partial charge in [-0.1, -0.05) is 0 Å². The Labute approximate surface area is 195 Å². The van der Waals surface area contributed by atoms with E-state index < -0.39 is 13.2 Å². The van der Waals surface area contributed by atoms with Gasteiger partial charge in [0.05, 0.1) is 31.1 Å². The van der Waals surface area contributed by atoms with Crippen LogP contribution in [0.2, 0.25) is 0 Å². The maximum atomic E-state index is 13.4. The molecule has 0 radical (unpaired) electrons. The van der Waals surface area contributed by atoms with Gasteiger partial charge in [0.25, 0.3) is 5.56 Å². The number of ether oxygens (including phenoxy) is 1. The lowest BCUT2D eigenvalue weighted by Gasteiger charge is -2.33. The molecule has 4 rings (SSSR count). The number of fused-ring (bicyclic) bond motifs is 1. The molecular formula is C22H27N4O7P. The Morgan fingerprint density at radius 2 is 2.03 bits per heavy atom. The summed E-state index contributed by atoms with van der Waals surface area (Å²) in [4.78, 5) is 50.7. The number of nitrogens with zero attached hydrogens (tertiary/aromatic N) is 4. The number of piperidine rings is 1. The number of carbonyl (C=O) groups is 1. The molecule has 12 heteroatoms. The first kappa shape index (κ1) is 24.1. The largest absolute Gasteiger partial charge is 0.481 e. The summed E-state index contributed by atoms with van der Waals surface area (Å²) < 4.78 is 22.9. The number of rotatable bonds is 8. The van der Waals surface area contributed by atoms with Crippen LogP contribution >= 0.6 is 7.60 Å². The number of aryl methyl sites for hydroxylation is 1. The van der Waals surface area contributed by atoms with Crippen molar-refractivity contribution in [2.45, 2.75) is 32.7 Å². The number of anilines is 1. The highest BCUT2D eigenvalue weighted by Crippen LogP contribution is 2.38. The molecule has 1 aliphatic heterocycles. The number of aromatic nitrogens is 3. The lowest BCUT2D eigenvalue weighted by Crippen LogP contribution is -2.36. The van der Waals surface area contributed by atoms with Gasteiger partial charge in [-0.2, -0.15) is 10.1 Å². The predicted molar refractivity (Wildman–Crippen MR) is 125 cm³/mol. The van der Waals surface area contributed by atoms with E-state index in [-0.39, 0.29) is 30.2 Å². The molecule has 0 aromatic carbocycles. The predicted octanol–water partition coefficient (Wildman–Crippen LogP) is 2.37. The van der Waals surface area contributed by atoms with Gasteiger partial charge in [-0.05, 0) is 43.7 Å². The van der Waals surface area contributed by atoms with Crippen molar-refractivity contribution in [1.82, 2.24) is 14.8 Å². The molecule has 3 aromatic heterocycles. The van der Waals surface area contributed by atoms with E-state index in [0.29, 0.717) is 42.0 Å². The van der Waals surface area contributed by atoms with E-state index >= 15 is 0 Å². The van der Waals surface area contributed by atoms with Crippen LogP contribution in [-0.2, 0) is 11.1 Å². The summed E-state index contributed by atoms with van der Waals surface area (Å²) in [5.74, 6) is 0.776. The van der Waals surface area contributed by atoms with Gasteiger partial charge in [-0.15, -0.1) is 0 Å². The zero-order valence-electron chi connectivity index (χ0n) is 19.0. The van der Waals surface area contributed by atoms with Crippen LogP contribution in [0.4, 0.5) is 5.82 Å². The fourth-order valence-electron chi connectivity index (χ4n) is 4.18. The molecule has 0 saturated carbocycles. The van der Waals surface area contributed by atoms with E-state index in [0.717, 1.165) is 23.1 Å². The van der Waals surface area contributed by atoms with Crippen molar-refractivity contribution < 1.29 is 28.3 Å². The average molecular weight is 490 g/mol. The summed E-state index contributed by atoms with van der Waals surface area (Å²) in [6, 6.07) is 3.24. The highest BCUT2D eigenvalue weighted by Gasteiger charge is 2.26. The molecule has 0 atom stereocenters. The van der Waals surface area contributed by atoms with E-state index in [2.05, 4.69) is 10.1 Å². The highest BCUT2D eigenvalue weighted by molar-refractivity contribution is 7.51. The van der Waals surface area contributed by atoms with Crippen LogP contribution in [0.5, 0.6) is 5.88 Å². The number of carbonyl (C=O) groups excluding carboxylic acids is 1. The number of hydrogen-bond donors (Lipinski definition) is 2. The summed E-state index contributed by atoms with van der Waals surface area (Å²) in [7, 11) is -2.53. The van der Waals surface area contributed by atoms with Crippen LogP contribution in [-0.4, -0.2) is 56.7 Å². The Kier molecular flexibility index (Phi) is 6.88. The van der Waals surface area contributed by atoms with Crippen molar-refractivity contribution in [3.63, 3.8) is 0 Å². The van der Waals surface area contributed by atoms with E-state index in [4.69, 9.17) is 18.9 Å². The van der Waals surface area contributed by atoms with Crippen molar-refractivity contribution in [2.24, 2.45) is 5.92 Å². The Morgan fingerprint density at radius 3 is 2.65 bits per heavy atom. The summed E-state index contributed by atoms with van der Waals surface area (Å²) in [5, 5.41) is 5.06. The summed E-state index contributed by atoms with van der Waals surface area (Å²) >= 11 is 0. The molecule has 182 valence electrons. The summed E-state index contributed by atoms with van der Waals surface area (Å²) in [6.45, 7) is 2.69. The van der Waals surface area contributed by atoms with Crippen molar-refractivity contribution in [1.29, 1.82) is 0 Å². The van der Waals surface area contributed by atoms with Gasteiger partial charge in [0, 0.05) is 24.5 Å². The molecule has 0 spiro atoms. The molecule has 34 heavy (non-hydrogen) atoms. The number of hydrogen-bond acceptors (Lipinski definition) is 8. The van der Waals surface area contributed by atoms with E-state index in [1.807, 2.05) is 11.8 Å². The van der Waals surface area contributed by atoms with Crippen molar-refractivity contribution >= 4 is 30.0 Å². The first-order valence-electron chi connectivity index (χ1n) is 11.0. The zero-order chi connectivity index (χ0) is 24.5. The molecule has 0 amide bonds. The minimum atomic E-state index is -4.02. The first-order valence-corrected chi connectivity index (χ1v) is 12.8. The van der Waals surface area contributed by atoms with Crippen LogP contribution in [0.1, 0.15) is 35.4 Å². The van der Waals surface area contributed by atoms with Gasteiger partial charge in [0.15, 0.2) is 5.76 Å². The minimum absolute atomic E-state index is 0.127. The third-order valence-electron chi connectivity index (χ3n) is 6.04. The molecule has 0 unspecified atom stereocenters. The molecular weight excluding hydrogens is 463 g/mol. The molecule has 1 aliphatic rings. The van der Waals surface area contributed by atoms with Crippen LogP contribution in [0.3, 0.4) is 0 Å². The third-order valence-corrected chi connectivity index (χ3v) is 6.88. The van der Waals surface area contributed by atoms with Crippen molar-refractivity contribution in [3.8, 4) is 5.88 Å². The van der Waals surface area contributed by atoms with Gasteiger partial charge in [-0.25, -0.2) is 4.68 Å². The lowest BCUT2D eigenvalue weighted by atomic mass is 9.94. The minimum Gasteiger partial charge on any atom is -0.481 e. The standard InChI is InChI=1S/C22H27N4O7P/c1-14-9-18(33-13-14)17(27)12-26-22(28)20-16(11-23-26)10-19(32-2)24-21(20)25-6-3-15(4-7-25)5-8-34(29,30)31/h9-11,13,15H,3-8,12H2,1-2H3,(H2,29,30,31). The summed E-state index contributed by atoms with van der Waals surface area (Å²) in [5.41, 5.74) is 0.368. The van der Waals surface area contributed by atoms with Gasteiger partial charge >= 0.3 is 7.60 Å². The smallest absolute Gasteiger partial charge is 0.325 e. The zero-order valence-corrected chi connectivity index (χ0v) is 19.9. The number of pyridine rings is 1. The van der Waals surface area contributed by atoms with Gasteiger partial charge in [0.1, 0.15) is 12.4 Å². The fourth-order valence-corrected chi connectivity index (χ4v) is 4.88. The maximum Gasteiger partial charge on any atom is 0.325 e. The first-order chi connectivity index (χ1) is 16.1. The van der Waals surface area contributed by atoms with Gasteiger partial charge in [0.2, 0.25) is 11.7 Å². The average Bonchev–Trinajstić information content (AvgIpc) is 3.25. The second-order valence-electron chi connectivity index (χ2n) is 8.58. The van der Waals surface area contributed by atoms with E-state index in [9.17, 15) is 14.2 Å². The topological polar surface area (TPSA) is 148 Å². The molecule has 3 aromatic rings. The molecule has 0 aliphatic carbocycles. The van der Waals surface area contributed by atoms with Crippen molar-refractivity contribution in [2.75, 3.05) is 31.3 Å². The molecule has 2 N–H and O–H groups in total. The van der Waals surface area contributed by atoms with E-state index in [1.165, 1.54) is 19.6 Å². The Bertz CT molecular complexity index is 1300. The SMILES string of the molecule is COc1cc2cnn(CC(=O)c3cc(C)co3)c(=O)c2c(N2CCC(CCP(=O)(O)O)CC2)n1. The Morgan fingerprint density at radius 1 is 1.29 bits per heavy atom. The molecule has 4 heterocycles. The van der Waals surface area contributed by atoms with Crippen LogP contribution < -0.4 is 15.2 Å². The number of furan rings is 1. The molecule has 1 saturated heterocycles. The van der Waals surface area contributed by atoms with Crippen LogP contribution in [0, 0.1) is 12.8 Å².